The molecule has 0 bridgehead atoms. The second kappa shape index (κ2) is 8.95. The van der Waals surface area contributed by atoms with Crippen LogP contribution in [0.3, 0.4) is 0 Å². The molecular formula is C35H31FNO+. The molecule has 0 radical (unpaired) electrons. The van der Waals surface area contributed by atoms with Gasteiger partial charge in [0.05, 0.1) is 10.9 Å². The molecule has 6 rings (SSSR count). The van der Waals surface area contributed by atoms with Crippen LogP contribution in [0.2, 0.25) is 0 Å². The van der Waals surface area contributed by atoms with Crippen molar-refractivity contribution in [3.05, 3.63) is 114 Å². The molecule has 0 spiro atoms. The number of halogens is 1. The van der Waals surface area contributed by atoms with E-state index in [4.69, 9.17) is 4.42 Å². The van der Waals surface area contributed by atoms with Crippen LogP contribution in [0.25, 0.3) is 55.4 Å². The number of nitrogens with zero attached hydrogens (tertiary/aromatic N) is 1. The van der Waals surface area contributed by atoms with E-state index in [0.29, 0.717) is 16.6 Å². The summed E-state index contributed by atoms with van der Waals surface area (Å²) in [6, 6.07) is 30.7. The van der Waals surface area contributed by atoms with Gasteiger partial charge in [-0.1, -0.05) is 81.4 Å². The van der Waals surface area contributed by atoms with Gasteiger partial charge in [-0.2, -0.15) is 0 Å². The second-order valence-corrected chi connectivity index (χ2v) is 11.2. The highest BCUT2D eigenvalue weighted by molar-refractivity contribution is 6.10. The lowest BCUT2D eigenvalue weighted by Gasteiger charge is -2.19. The Balaban J connectivity index is 1.44. The molecule has 6 aromatic rings. The summed E-state index contributed by atoms with van der Waals surface area (Å²) in [5, 5.41) is 1.32. The van der Waals surface area contributed by atoms with Gasteiger partial charge in [0.2, 0.25) is 5.69 Å². The largest absolute Gasteiger partial charge is 0.455 e. The van der Waals surface area contributed by atoms with Gasteiger partial charge in [-0.15, -0.1) is 0 Å². The summed E-state index contributed by atoms with van der Waals surface area (Å²) in [5.41, 5.74) is 9.84. The fourth-order valence-electron chi connectivity index (χ4n) is 5.31. The van der Waals surface area contributed by atoms with Gasteiger partial charge in [-0.25, -0.2) is 8.96 Å². The Morgan fingerprint density at radius 2 is 1.47 bits per heavy atom. The predicted octanol–water partition coefficient (Wildman–Crippen LogP) is 9.16. The third-order valence-electron chi connectivity index (χ3n) is 7.49. The summed E-state index contributed by atoms with van der Waals surface area (Å²) in [7, 11) is 2.01. The summed E-state index contributed by atoms with van der Waals surface area (Å²) in [6.45, 7) is 8.74. The van der Waals surface area contributed by atoms with Gasteiger partial charge in [-0.05, 0) is 63.9 Å². The molecule has 0 aliphatic heterocycles. The number of rotatable bonds is 3. The molecule has 0 fully saturated rings. The average molecular weight is 501 g/mol. The molecule has 0 unspecified atom stereocenters. The van der Waals surface area contributed by atoms with E-state index in [1.54, 1.807) is 6.07 Å². The minimum atomic E-state index is -0.273. The topological polar surface area (TPSA) is 17.0 Å². The molecule has 4 aromatic carbocycles. The summed E-state index contributed by atoms with van der Waals surface area (Å²) in [6.07, 6.45) is 2.01. The number of fused-ring (bicyclic) bond motifs is 3. The van der Waals surface area contributed by atoms with Crippen LogP contribution >= 0.6 is 0 Å². The smallest absolute Gasteiger partial charge is 0.216 e. The maximum atomic E-state index is 15.6. The van der Waals surface area contributed by atoms with E-state index in [1.807, 2.05) is 43.6 Å². The summed E-state index contributed by atoms with van der Waals surface area (Å²) >= 11 is 0. The fourth-order valence-corrected chi connectivity index (χ4v) is 5.31. The van der Waals surface area contributed by atoms with Crippen molar-refractivity contribution in [2.75, 3.05) is 0 Å². The van der Waals surface area contributed by atoms with Gasteiger partial charge in [0.1, 0.15) is 24.0 Å². The van der Waals surface area contributed by atoms with E-state index in [-0.39, 0.29) is 11.2 Å². The molecule has 0 amide bonds. The molecule has 2 aromatic heterocycles. The first-order chi connectivity index (χ1) is 18.2. The average Bonchev–Trinajstić information content (AvgIpc) is 3.28. The van der Waals surface area contributed by atoms with Gasteiger partial charge in [-0.3, -0.25) is 0 Å². The van der Waals surface area contributed by atoms with Crippen molar-refractivity contribution in [1.82, 2.24) is 0 Å². The quantitative estimate of drug-likeness (QED) is 0.221. The first-order valence-corrected chi connectivity index (χ1v) is 13.0. The standard InChI is InChI=1S/C35H31FNO/c1-22-12-17-28-33-29(36)20-26(21-31(33)38-34(28)32(22)30-11-6-7-18-37(30)5)24-15-13-23(14-16-24)25-9-8-10-27(19-25)35(2,3)4/h6-21H,1-5H3/q+1. The van der Waals surface area contributed by atoms with Crippen LogP contribution in [0.15, 0.2) is 102 Å². The van der Waals surface area contributed by atoms with E-state index in [0.717, 1.165) is 38.9 Å². The predicted molar refractivity (Wildman–Crippen MR) is 155 cm³/mol. The fraction of sp³-hybridized carbons (Fsp3) is 0.171. The maximum Gasteiger partial charge on any atom is 0.216 e. The number of furan rings is 1. The summed E-state index contributed by atoms with van der Waals surface area (Å²) in [4.78, 5) is 0. The lowest BCUT2D eigenvalue weighted by Crippen LogP contribution is -2.30. The maximum absolute atomic E-state index is 15.6. The first-order valence-electron chi connectivity index (χ1n) is 13.0. The van der Waals surface area contributed by atoms with E-state index >= 15 is 4.39 Å². The van der Waals surface area contributed by atoms with E-state index < -0.39 is 0 Å². The van der Waals surface area contributed by atoms with E-state index in [1.165, 1.54) is 11.1 Å². The molecule has 0 N–H and O–H groups in total. The SMILES string of the molecule is Cc1ccc2c(oc3cc(-c4ccc(-c5cccc(C(C)(C)C)c5)cc4)cc(F)c32)c1-c1cccc[n+]1C. The van der Waals surface area contributed by atoms with Crippen LogP contribution in [0.4, 0.5) is 4.39 Å². The molecule has 0 aliphatic carbocycles. The Bertz CT molecular complexity index is 1820. The third-order valence-corrected chi connectivity index (χ3v) is 7.49. The molecular weight excluding hydrogens is 469 g/mol. The molecule has 2 heterocycles. The van der Waals surface area contributed by atoms with Crippen molar-refractivity contribution in [3.63, 3.8) is 0 Å². The van der Waals surface area contributed by atoms with Gasteiger partial charge in [0.25, 0.3) is 0 Å². The lowest BCUT2D eigenvalue weighted by atomic mass is 9.85. The number of pyridine rings is 1. The minimum absolute atomic E-state index is 0.0891. The number of hydrogen-bond donors (Lipinski definition) is 0. The Labute approximate surface area is 223 Å². The Morgan fingerprint density at radius 3 is 2.18 bits per heavy atom. The number of hydrogen-bond acceptors (Lipinski definition) is 1. The Kier molecular flexibility index (Phi) is 5.68. The molecule has 38 heavy (non-hydrogen) atoms. The molecule has 0 atom stereocenters. The molecule has 2 nitrogen and oxygen atoms in total. The minimum Gasteiger partial charge on any atom is -0.455 e. The van der Waals surface area contributed by atoms with E-state index in [9.17, 15) is 0 Å². The van der Waals surface area contributed by atoms with Gasteiger partial charge < -0.3 is 4.42 Å². The zero-order valence-corrected chi connectivity index (χ0v) is 22.5. The van der Waals surface area contributed by atoms with E-state index in [2.05, 4.69) is 86.9 Å². The first kappa shape index (κ1) is 24.1. The van der Waals surface area contributed by atoms with Crippen molar-refractivity contribution in [2.24, 2.45) is 7.05 Å². The molecule has 3 heteroatoms. The number of aryl methyl sites for hydroxylation is 2. The monoisotopic (exact) mass is 500 g/mol. The van der Waals surface area contributed by atoms with Crippen molar-refractivity contribution < 1.29 is 13.4 Å². The van der Waals surface area contributed by atoms with Crippen LogP contribution in [-0.4, -0.2) is 0 Å². The van der Waals surface area contributed by atoms with Gasteiger partial charge in [0, 0.05) is 17.5 Å². The third kappa shape index (κ3) is 4.09. The number of benzene rings is 4. The lowest BCUT2D eigenvalue weighted by molar-refractivity contribution is -0.660. The van der Waals surface area contributed by atoms with Gasteiger partial charge in [0.15, 0.2) is 6.20 Å². The van der Waals surface area contributed by atoms with Crippen molar-refractivity contribution in [3.8, 4) is 33.5 Å². The molecule has 188 valence electrons. The van der Waals surface area contributed by atoms with Crippen LogP contribution in [0.5, 0.6) is 0 Å². The molecule has 0 saturated heterocycles. The highest BCUT2D eigenvalue weighted by atomic mass is 19.1. The Morgan fingerprint density at radius 1 is 0.737 bits per heavy atom. The van der Waals surface area contributed by atoms with Crippen LogP contribution in [0.1, 0.15) is 31.9 Å². The van der Waals surface area contributed by atoms with Crippen molar-refractivity contribution in [1.29, 1.82) is 0 Å². The van der Waals surface area contributed by atoms with Crippen LogP contribution in [-0.2, 0) is 12.5 Å². The zero-order valence-electron chi connectivity index (χ0n) is 22.5. The molecule has 0 saturated carbocycles. The van der Waals surface area contributed by atoms with Crippen molar-refractivity contribution >= 4 is 21.9 Å². The van der Waals surface area contributed by atoms with Crippen molar-refractivity contribution in [2.45, 2.75) is 33.1 Å². The highest BCUT2D eigenvalue weighted by Gasteiger charge is 2.22. The van der Waals surface area contributed by atoms with Crippen LogP contribution in [0, 0.1) is 12.7 Å². The van der Waals surface area contributed by atoms with Gasteiger partial charge >= 0.3 is 0 Å². The summed E-state index contributed by atoms with van der Waals surface area (Å²) < 4.78 is 24.1. The Hall–Kier alpha value is -4.24. The highest BCUT2D eigenvalue weighted by Crippen LogP contribution is 2.40. The van der Waals surface area contributed by atoms with Crippen LogP contribution < -0.4 is 4.57 Å². The molecule has 0 aliphatic rings. The summed E-state index contributed by atoms with van der Waals surface area (Å²) in [5.74, 6) is -0.273. The normalized spacial score (nSPS) is 11.9. The zero-order chi connectivity index (χ0) is 26.6. The number of aromatic nitrogens is 1. The second-order valence-electron chi connectivity index (χ2n) is 11.2.